The molecule has 21 heavy (non-hydrogen) atoms. The molecular weight excluding hydrogens is 284 g/mol. The molecular formula is C16H26N2O2S. The summed E-state index contributed by atoms with van der Waals surface area (Å²) in [4.78, 5) is 2.78. The van der Waals surface area contributed by atoms with Crippen LogP contribution >= 0.6 is 0 Å². The van der Waals surface area contributed by atoms with E-state index < -0.39 is 10.0 Å². The maximum Gasteiger partial charge on any atom is 0.241 e. The average molecular weight is 310 g/mol. The molecule has 1 atom stereocenters. The number of likely N-dealkylation sites (tertiary alicyclic amines) is 1. The van der Waals surface area contributed by atoms with E-state index in [2.05, 4.69) is 16.5 Å². The quantitative estimate of drug-likeness (QED) is 0.908. The van der Waals surface area contributed by atoms with Gasteiger partial charge < -0.3 is 0 Å². The molecule has 118 valence electrons. The Morgan fingerprint density at radius 3 is 2.43 bits per heavy atom. The number of hydrogen-bond donors (Lipinski definition) is 1. The van der Waals surface area contributed by atoms with Crippen molar-refractivity contribution >= 4 is 10.0 Å². The standard InChI is InChI=1S/C16H26N2O2S/c1-5-18-8-6-7-15(18)11-17-21(19,20)16-13(3)9-12(2)10-14(16)4/h9-10,15,17H,5-8,11H2,1-4H3/t15-/m1/s1. The van der Waals surface area contributed by atoms with Gasteiger partial charge in [-0.15, -0.1) is 0 Å². The molecule has 0 unspecified atom stereocenters. The zero-order valence-electron chi connectivity index (χ0n) is 13.4. The van der Waals surface area contributed by atoms with Crippen LogP contribution in [0.15, 0.2) is 17.0 Å². The van der Waals surface area contributed by atoms with Gasteiger partial charge in [0.15, 0.2) is 0 Å². The number of rotatable bonds is 5. The van der Waals surface area contributed by atoms with Crippen LogP contribution in [0.2, 0.25) is 0 Å². The maximum absolute atomic E-state index is 12.6. The Labute approximate surface area is 128 Å². The Hall–Kier alpha value is -0.910. The third-order valence-electron chi connectivity index (χ3n) is 4.29. The maximum atomic E-state index is 12.6. The number of aryl methyl sites for hydroxylation is 3. The normalized spacial score (nSPS) is 20.1. The number of sulfonamides is 1. The van der Waals surface area contributed by atoms with Crippen LogP contribution in [0.1, 0.15) is 36.5 Å². The van der Waals surface area contributed by atoms with Gasteiger partial charge in [0.05, 0.1) is 4.90 Å². The van der Waals surface area contributed by atoms with Gasteiger partial charge in [0.2, 0.25) is 10.0 Å². The first-order valence-electron chi connectivity index (χ1n) is 7.66. The van der Waals surface area contributed by atoms with Crippen molar-refractivity contribution in [2.75, 3.05) is 19.6 Å². The smallest absolute Gasteiger partial charge is 0.241 e. The molecule has 1 aromatic carbocycles. The Kier molecular flexibility index (Phi) is 5.07. The van der Waals surface area contributed by atoms with Gasteiger partial charge in [0.25, 0.3) is 0 Å². The van der Waals surface area contributed by atoms with Gasteiger partial charge in [0, 0.05) is 12.6 Å². The molecule has 4 nitrogen and oxygen atoms in total. The van der Waals surface area contributed by atoms with Gasteiger partial charge in [-0.2, -0.15) is 0 Å². The van der Waals surface area contributed by atoms with E-state index in [0.717, 1.165) is 42.6 Å². The van der Waals surface area contributed by atoms with E-state index in [-0.39, 0.29) is 0 Å². The van der Waals surface area contributed by atoms with Gasteiger partial charge in [0.1, 0.15) is 0 Å². The van der Waals surface area contributed by atoms with Gasteiger partial charge in [-0.25, -0.2) is 13.1 Å². The molecule has 1 saturated heterocycles. The summed E-state index contributed by atoms with van der Waals surface area (Å²) in [6.45, 7) is 10.4. The summed E-state index contributed by atoms with van der Waals surface area (Å²) in [6.07, 6.45) is 2.23. The molecule has 0 amide bonds. The number of nitrogens with zero attached hydrogens (tertiary/aromatic N) is 1. The molecule has 0 aliphatic carbocycles. The summed E-state index contributed by atoms with van der Waals surface area (Å²) < 4.78 is 28.0. The van der Waals surface area contributed by atoms with E-state index in [1.807, 2.05) is 32.9 Å². The number of benzene rings is 1. The second-order valence-corrected chi connectivity index (χ2v) is 7.71. The molecule has 0 bridgehead atoms. The monoisotopic (exact) mass is 310 g/mol. The van der Waals surface area contributed by atoms with E-state index in [1.165, 1.54) is 0 Å². The molecule has 1 heterocycles. The summed E-state index contributed by atoms with van der Waals surface area (Å²) in [5, 5.41) is 0. The first-order chi connectivity index (χ1) is 9.85. The molecule has 0 saturated carbocycles. The van der Waals surface area contributed by atoms with E-state index in [1.54, 1.807) is 0 Å². The molecule has 2 rings (SSSR count). The van der Waals surface area contributed by atoms with Crippen LogP contribution in [0.3, 0.4) is 0 Å². The molecule has 0 aromatic heterocycles. The van der Waals surface area contributed by atoms with Crippen LogP contribution in [0, 0.1) is 20.8 Å². The Balaban J connectivity index is 2.16. The van der Waals surface area contributed by atoms with E-state index >= 15 is 0 Å². The van der Waals surface area contributed by atoms with E-state index in [9.17, 15) is 8.42 Å². The van der Waals surface area contributed by atoms with Crippen LogP contribution < -0.4 is 4.72 Å². The predicted octanol–water partition coefficient (Wildman–Crippen LogP) is 2.37. The molecule has 1 fully saturated rings. The highest BCUT2D eigenvalue weighted by Crippen LogP contribution is 2.22. The highest BCUT2D eigenvalue weighted by molar-refractivity contribution is 7.89. The van der Waals surface area contributed by atoms with Crippen molar-refractivity contribution in [1.82, 2.24) is 9.62 Å². The molecule has 1 N–H and O–H groups in total. The SMILES string of the molecule is CCN1CCC[C@@H]1CNS(=O)(=O)c1c(C)cc(C)cc1C. The summed E-state index contributed by atoms with van der Waals surface area (Å²) >= 11 is 0. The lowest BCUT2D eigenvalue weighted by atomic mass is 10.1. The minimum atomic E-state index is -3.43. The first kappa shape index (κ1) is 16.5. The van der Waals surface area contributed by atoms with Gasteiger partial charge in [-0.1, -0.05) is 24.6 Å². The Morgan fingerprint density at radius 1 is 1.24 bits per heavy atom. The summed E-state index contributed by atoms with van der Waals surface area (Å²) in [7, 11) is -3.43. The molecule has 0 radical (unpaired) electrons. The lowest BCUT2D eigenvalue weighted by molar-refractivity contribution is 0.268. The fourth-order valence-corrected chi connectivity index (χ4v) is 4.93. The zero-order valence-corrected chi connectivity index (χ0v) is 14.3. The van der Waals surface area contributed by atoms with E-state index in [0.29, 0.717) is 17.5 Å². The average Bonchev–Trinajstić information content (AvgIpc) is 2.82. The summed E-state index contributed by atoms with van der Waals surface area (Å²) in [5.41, 5.74) is 2.73. The van der Waals surface area contributed by atoms with Gasteiger partial charge in [-0.05, 0) is 57.8 Å². The molecule has 1 aliphatic heterocycles. The van der Waals surface area contributed by atoms with Crippen LogP contribution in [-0.2, 0) is 10.0 Å². The third kappa shape index (κ3) is 3.65. The molecule has 5 heteroatoms. The van der Waals surface area contributed by atoms with Crippen molar-refractivity contribution in [3.8, 4) is 0 Å². The van der Waals surface area contributed by atoms with Crippen molar-refractivity contribution in [1.29, 1.82) is 0 Å². The Morgan fingerprint density at radius 2 is 1.86 bits per heavy atom. The van der Waals surface area contributed by atoms with Crippen LogP contribution in [0.25, 0.3) is 0 Å². The highest BCUT2D eigenvalue weighted by atomic mass is 32.2. The zero-order chi connectivity index (χ0) is 15.6. The minimum Gasteiger partial charge on any atom is -0.299 e. The summed E-state index contributed by atoms with van der Waals surface area (Å²) in [6, 6.07) is 4.18. The van der Waals surface area contributed by atoms with Crippen molar-refractivity contribution < 1.29 is 8.42 Å². The Bertz CT molecular complexity index is 588. The van der Waals surface area contributed by atoms with Crippen LogP contribution in [-0.4, -0.2) is 39.0 Å². The summed E-state index contributed by atoms with van der Waals surface area (Å²) in [5.74, 6) is 0. The van der Waals surface area contributed by atoms with Crippen molar-refractivity contribution in [3.63, 3.8) is 0 Å². The van der Waals surface area contributed by atoms with Crippen molar-refractivity contribution in [2.24, 2.45) is 0 Å². The lowest BCUT2D eigenvalue weighted by Crippen LogP contribution is -2.40. The van der Waals surface area contributed by atoms with Crippen LogP contribution in [0.5, 0.6) is 0 Å². The topological polar surface area (TPSA) is 49.4 Å². The van der Waals surface area contributed by atoms with Crippen LogP contribution in [0.4, 0.5) is 0 Å². The highest BCUT2D eigenvalue weighted by Gasteiger charge is 2.26. The number of likely N-dealkylation sites (N-methyl/N-ethyl adjacent to an activating group) is 1. The minimum absolute atomic E-state index is 0.329. The molecule has 1 aromatic rings. The third-order valence-corrected chi connectivity index (χ3v) is 6.02. The second-order valence-electron chi connectivity index (χ2n) is 6.00. The number of nitrogens with one attached hydrogen (secondary N) is 1. The van der Waals surface area contributed by atoms with Crippen molar-refractivity contribution in [3.05, 3.63) is 28.8 Å². The fourth-order valence-electron chi connectivity index (χ4n) is 3.41. The first-order valence-corrected chi connectivity index (χ1v) is 9.15. The predicted molar refractivity (Wildman–Crippen MR) is 86.1 cm³/mol. The molecule has 1 aliphatic rings. The fraction of sp³-hybridized carbons (Fsp3) is 0.625. The van der Waals surface area contributed by atoms with Crippen molar-refractivity contribution in [2.45, 2.75) is 51.5 Å². The lowest BCUT2D eigenvalue weighted by Gasteiger charge is -2.23. The van der Waals surface area contributed by atoms with Gasteiger partial charge >= 0.3 is 0 Å². The molecule has 0 spiro atoms. The number of hydrogen-bond acceptors (Lipinski definition) is 3. The second kappa shape index (κ2) is 6.46. The van der Waals surface area contributed by atoms with Gasteiger partial charge in [-0.3, -0.25) is 4.90 Å². The van der Waals surface area contributed by atoms with E-state index in [4.69, 9.17) is 0 Å². The largest absolute Gasteiger partial charge is 0.299 e.